The third-order valence-electron chi connectivity index (χ3n) is 4.06. The van der Waals surface area contributed by atoms with Gasteiger partial charge in [-0.05, 0) is 24.0 Å². The fraction of sp³-hybridized carbons (Fsp3) is 0.353. The Morgan fingerprint density at radius 1 is 1.25 bits per heavy atom. The van der Waals surface area contributed by atoms with Crippen molar-refractivity contribution >= 4 is 17.6 Å². The van der Waals surface area contributed by atoms with Gasteiger partial charge in [0.25, 0.3) is 0 Å². The minimum atomic E-state index is -0.199. The second kappa shape index (κ2) is 7.60. The molecule has 1 aromatic heterocycles. The van der Waals surface area contributed by atoms with Crippen LogP contribution < -0.4 is 4.90 Å². The molecule has 0 spiro atoms. The molecular weight excluding hydrogens is 325 g/mol. The van der Waals surface area contributed by atoms with Gasteiger partial charge in [0.2, 0.25) is 0 Å². The van der Waals surface area contributed by atoms with E-state index in [-0.39, 0.29) is 5.82 Å². The van der Waals surface area contributed by atoms with E-state index in [2.05, 4.69) is 25.8 Å². The minimum absolute atomic E-state index is 0.199. The van der Waals surface area contributed by atoms with Gasteiger partial charge in [0.1, 0.15) is 28.8 Å². The first-order chi connectivity index (χ1) is 11.7. The van der Waals surface area contributed by atoms with E-state index in [0.717, 1.165) is 38.3 Å². The zero-order valence-corrected chi connectivity index (χ0v) is 14.3. The highest BCUT2D eigenvalue weighted by Crippen LogP contribution is 2.25. The normalized spacial score (nSPS) is 15.3. The van der Waals surface area contributed by atoms with Crippen LogP contribution in [0.25, 0.3) is 0 Å². The third-order valence-corrected chi connectivity index (χ3v) is 4.76. The summed E-state index contributed by atoms with van der Waals surface area (Å²) in [5, 5.41) is 10.1. The molecule has 0 atom stereocenters. The molecule has 124 valence electrons. The van der Waals surface area contributed by atoms with E-state index >= 15 is 0 Å². The quantitative estimate of drug-likeness (QED) is 0.628. The van der Waals surface area contributed by atoms with Crippen molar-refractivity contribution in [3.8, 4) is 6.07 Å². The molecule has 0 amide bonds. The van der Waals surface area contributed by atoms with Crippen molar-refractivity contribution in [3.63, 3.8) is 0 Å². The number of hydrogen-bond donors (Lipinski definition) is 0. The summed E-state index contributed by atoms with van der Waals surface area (Å²) in [6, 6.07) is 8.95. The number of piperazine rings is 1. The van der Waals surface area contributed by atoms with Crippen LogP contribution in [0.15, 0.2) is 35.6 Å². The summed E-state index contributed by atoms with van der Waals surface area (Å²) in [6.07, 6.45) is 3.42. The summed E-state index contributed by atoms with van der Waals surface area (Å²) >= 11 is 1.46. The molecule has 24 heavy (non-hydrogen) atoms. The van der Waals surface area contributed by atoms with Crippen molar-refractivity contribution in [2.45, 2.75) is 11.6 Å². The van der Waals surface area contributed by atoms with Gasteiger partial charge < -0.3 is 4.90 Å². The van der Waals surface area contributed by atoms with Crippen LogP contribution in [-0.4, -0.2) is 47.3 Å². The molecule has 1 fully saturated rings. The van der Waals surface area contributed by atoms with Crippen molar-refractivity contribution in [2.75, 3.05) is 37.3 Å². The molecular formula is C17H18FN5S. The molecule has 3 rings (SSSR count). The molecule has 0 N–H and O–H groups in total. The van der Waals surface area contributed by atoms with Crippen molar-refractivity contribution in [2.24, 2.45) is 0 Å². The van der Waals surface area contributed by atoms with Crippen LogP contribution in [0.1, 0.15) is 11.1 Å². The smallest absolute Gasteiger partial charge is 0.151 e. The highest BCUT2D eigenvalue weighted by Gasteiger charge is 2.22. The first-order valence-corrected chi connectivity index (χ1v) is 8.94. The van der Waals surface area contributed by atoms with Gasteiger partial charge in [-0.1, -0.05) is 12.1 Å². The van der Waals surface area contributed by atoms with E-state index in [1.807, 2.05) is 12.3 Å². The predicted octanol–water partition coefficient (Wildman–Crippen LogP) is 2.53. The van der Waals surface area contributed by atoms with Crippen molar-refractivity contribution in [1.82, 2.24) is 14.9 Å². The molecule has 2 heterocycles. The fourth-order valence-corrected chi connectivity index (χ4v) is 3.36. The fourth-order valence-electron chi connectivity index (χ4n) is 2.86. The van der Waals surface area contributed by atoms with Gasteiger partial charge in [0.15, 0.2) is 5.82 Å². The molecule has 1 aliphatic heterocycles. The van der Waals surface area contributed by atoms with Gasteiger partial charge >= 0.3 is 0 Å². The third kappa shape index (κ3) is 3.66. The summed E-state index contributed by atoms with van der Waals surface area (Å²) in [6.45, 7) is 4.00. The van der Waals surface area contributed by atoms with E-state index in [1.165, 1.54) is 24.2 Å². The summed E-state index contributed by atoms with van der Waals surface area (Å²) in [7, 11) is 0. The standard InChI is InChI=1S/C17H18FN5S/c1-24-17-15(10-19)16(20-12-21-17)23-7-5-22(6-8-23)11-13-3-2-4-14(18)9-13/h2-4,9,12H,5-8,11H2,1H3. The maximum Gasteiger partial charge on any atom is 0.151 e. The summed E-state index contributed by atoms with van der Waals surface area (Å²) in [5.41, 5.74) is 1.52. The van der Waals surface area contributed by atoms with Crippen molar-refractivity contribution < 1.29 is 4.39 Å². The lowest BCUT2D eigenvalue weighted by molar-refractivity contribution is 0.249. The van der Waals surface area contributed by atoms with Crippen molar-refractivity contribution in [3.05, 3.63) is 47.5 Å². The van der Waals surface area contributed by atoms with Gasteiger partial charge in [-0.3, -0.25) is 4.90 Å². The topological polar surface area (TPSA) is 56.1 Å². The largest absolute Gasteiger partial charge is 0.353 e. The molecule has 1 aliphatic rings. The Kier molecular flexibility index (Phi) is 5.28. The Labute approximate surface area is 145 Å². The number of benzene rings is 1. The Morgan fingerprint density at radius 3 is 2.71 bits per heavy atom. The van der Waals surface area contributed by atoms with Crippen LogP contribution in [0.5, 0.6) is 0 Å². The second-order valence-electron chi connectivity index (χ2n) is 5.59. The molecule has 0 saturated carbocycles. The van der Waals surface area contributed by atoms with Gasteiger partial charge in [0, 0.05) is 32.7 Å². The first-order valence-electron chi connectivity index (χ1n) is 7.72. The predicted molar refractivity (Wildman–Crippen MR) is 92.4 cm³/mol. The zero-order valence-electron chi connectivity index (χ0n) is 13.4. The van der Waals surface area contributed by atoms with Crippen LogP contribution in [0.2, 0.25) is 0 Å². The molecule has 2 aromatic rings. The van der Waals surface area contributed by atoms with E-state index in [9.17, 15) is 9.65 Å². The van der Waals surface area contributed by atoms with Gasteiger partial charge in [-0.25, -0.2) is 14.4 Å². The average molecular weight is 343 g/mol. The maximum absolute atomic E-state index is 13.3. The monoisotopic (exact) mass is 343 g/mol. The number of nitriles is 1. The molecule has 1 saturated heterocycles. The van der Waals surface area contributed by atoms with Gasteiger partial charge in [0.05, 0.1) is 0 Å². The van der Waals surface area contributed by atoms with E-state index in [0.29, 0.717) is 16.4 Å². The Morgan fingerprint density at radius 2 is 2.04 bits per heavy atom. The first kappa shape index (κ1) is 16.7. The number of hydrogen-bond acceptors (Lipinski definition) is 6. The molecule has 7 heteroatoms. The van der Waals surface area contributed by atoms with Gasteiger partial charge in [-0.2, -0.15) is 5.26 Å². The molecule has 5 nitrogen and oxygen atoms in total. The molecule has 0 radical (unpaired) electrons. The summed E-state index contributed by atoms with van der Waals surface area (Å²) < 4.78 is 13.3. The van der Waals surface area contributed by atoms with E-state index in [1.54, 1.807) is 12.1 Å². The van der Waals surface area contributed by atoms with Crippen LogP contribution in [0.3, 0.4) is 0 Å². The highest BCUT2D eigenvalue weighted by molar-refractivity contribution is 7.98. The minimum Gasteiger partial charge on any atom is -0.353 e. The Balaban J connectivity index is 1.66. The van der Waals surface area contributed by atoms with E-state index in [4.69, 9.17) is 0 Å². The van der Waals surface area contributed by atoms with E-state index < -0.39 is 0 Å². The van der Waals surface area contributed by atoms with Crippen LogP contribution in [0.4, 0.5) is 10.2 Å². The van der Waals surface area contributed by atoms with Crippen LogP contribution in [0, 0.1) is 17.1 Å². The molecule has 0 bridgehead atoms. The number of anilines is 1. The zero-order chi connectivity index (χ0) is 16.9. The van der Waals surface area contributed by atoms with Crippen molar-refractivity contribution in [1.29, 1.82) is 5.26 Å². The second-order valence-corrected chi connectivity index (χ2v) is 6.38. The van der Waals surface area contributed by atoms with Crippen LogP contribution >= 0.6 is 11.8 Å². The number of nitrogens with zero attached hydrogens (tertiary/aromatic N) is 5. The Hall–Kier alpha value is -2.17. The Bertz CT molecular complexity index is 753. The average Bonchev–Trinajstić information content (AvgIpc) is 2.61. The number of thioether (sulfide) groups is 1. The lowest BCUT2D eigenvalue weighted by Gasteiger charge is -2.35. The summed E-state index contributed by atoms with van der Waals surface area (Å²) in [4.78, 5) is 12.9. The SMILES string of the molecule is CSc1ncnc(N2CCN(Cc3cccc(F)c3)CC2)c1C#N. The van der Waals surface area contributed by atoms with Gasteiger partial charge in [-0.15, -0.1) is 11.8 Å². The number of rotatable bonds is 4. The molecule has 0 unspecified atom stereocenters. The molecule has 1 aromatic carbocycles. The number of halogens is 1. The highest BCUT2D eigenvalue weighted by atomic mass is 32.2. The maximum atomic E-state index is 13.3. The number of aromatic nitrogens is 2. The lowest BCUT2D eigenvalue weighted by Crippen LogP contribution is -2.46. The van der Waals surface area contributed by atoms with Crippen LogP contribution in [-0.2, 0) is 6.54 Å². The molecule has 0 aliphatic carbocycles. The lowest BCUT2D eigenvalue weighted by atomic mass is 10.2. The summed E-state index contributed by atoms with van der Waals surface area (Å²) in [5.74, 6) is 0.512.